The van der Waals surface area contributed by atoms with Crippen LogP contribution in [0.15, 0.2) is 35.4 Å². The Morgan fingerprint density at radius 2 is 2.10 bits per heavy atom. The number of fused-ring (bicyclic) bond motifs is 1. The van der Waals surface area contributed by atoms with Gasteiger partial charge in [-0.05, 0) is 31.7 Å². The van der Waals surface area contributed by atoms with E-state index in [0.29, 0.717) is 28.9 Å². The molecule has 1 aliphatic heterocycles. The minimum Gasteiger partial charge on any atom is -0.364 e. The SMILES string of the molecule is Cc1nc2c(cc1Nc1ncc(Cl)c(NCc3cccn(C)c3=O)n1)CN(C)CC2. The van der Waals surface area contributed by atoms with Crippen LogP contribution in [0, 0.1) is 6.92 Å². The Balaban J connectivity index is 1.54. The molecule has 0 bridgehead atoms. The first-order valence-corrected chi connectivity index (χ1v) is 10.1. The predicted molar refractivity (Wildman–Crippen MR) is 118 cm³/mol. The minimum atomic E-state index is -0.0609. The summed E-state index contributed by atoms with van der Waals surface area (Å²) in [4.78, 5) is 28.0. The largest absolute Gasteiger partial charge is 0.364 e. The maximum atomic E-state index is 12.2. The molecule has 0 aromatic carbocycles. The number of hydrogen-bond acceptors (Lipinski definition) is 7. The first-order chi connectivity index (χ1) is 14.4. The summed E-state index contributed by atoms with van der Waals surface area (Å²) in [6.45, 7) is 4.18. The van der Waals surface area contributed by atoms with Crippen molar-refractivity contribution in [3.63, 3.8) is 0 Å². The van der Waals surface area contributed by atoms with E-state index in [1.165, 1.54) is 16.3 Å². The summed E-state index contributed by atoms with van der Waals surface area (Å²) in [6, 6.07) is 5.73. The molecule has 1 aliphatic rings. The van der Waals surface area contributed by atoms with Crippen LogP contribution in [0.2, 0.25) is 5.02 Å². The molecule has 4 rings (SSSR count). The van der Waals surface area contributed by atoms with Gasteiger partial charge in [0.2, 0.25) is 5.95 Å². The summed E-state index contributed by atoms with van der Waals surface area (Å²) in [6.07, 6.45) is 4.22. The highest BCUT2D eigenvalue weighted by molar-refractivity contribution is 6.32. The summed E-state index contributed by atoms with van der Waals surface area (Å²) in [7, 11) is 3.83. The first kappa shape index (κ1) is 20.3. The van der Waals surface area contributed by atoms with Gasteiger partial charge in [0, 0.05) is 50.6 Å². The zero-order valence-electron chi connectivity index (χ0n) is 17.2. The van der Waals surface area contributed by atoms with Crippen LogP contribution in [0.1, 0.15) is 22.5 Å². The van der Waals surface area contributed by atoms with Gasteiger partial charge in [0.1, 0.15) is 5.02 Å². The van der Waals surface area contributed by atoms with Crippen molar-refractivity contribution in [2.45, 2.75) is 26.4 Å². The van der Waals surface area contributed by atoms with Crippen molar-refractivity contribution < 1.29 is 0 Å². The molecule has 0 saturated carbocycles. The summed E-state index contributed by atoms with van der Waals surface area (Å²) in [5, 5.41) is 6.78. The van der Waals surface area contributed by atoms with Crippen molar-refractivity contribution in [2.75, 3.05) is 24.2 Å². The summed E-state index contributed by atoms with van der Waals surface area (Å²) < 4.78 is 1.54. The van der Waals surface area contributed by atoms with Crippen LogP contribution in [0.5, 0.6) is 0 Å². The van der Waals surface area contributed by atoms with Crippen LogP contribution in [0.4, 0.5) is 17.5 Å². The van der Waals surface area contributed by atoms with E-state index in [2.05, 4.69) is 38.6 Å². The Kier molecular flexibility index (Phi) is 5.69. The average Bonchev–Trinajstić information content (AvgIpc) is 2.72. The molecule has 3 aromatic rings. The van der Waals surface area contributed by atoms with E-state index in [9.17, 15) is 4.79 Å². The van der Waals surface area contributed by atoms with E-state index in [1.54, 1.807) is 19.3 Å². The van der Waals surface area contributed by atoms with Crippen LogP contribution in [-0.2, 0) is 26.6 Å². The van der Waals surface area contributed by atoms with Crippen LogP contribution in [0.3, 0.4) is 0 Å². The van der Waals surface area contributed by atoms with E-state index >= 15 is 0 Å². The van der Waals surface area contributed by atoms with Crippen LogP contribution < -0.4 is 16.2 Å². The van der Waals surface area contributed by atoms with Crippen LogP contribution in [0.25, 0.3) is 0 Å². The lowest BCUT2D eigenvalue weighted by Crippen LogP contribution is -2.27. The Bertz CT molecular complexity index is 1140. The quantitative estimate of drug-likeness (QED) is 0.649. The van der Waals surface area contributed by atoms with Gasteiger partial charge in [0.25, 0.3) is 5.56 Å². The lowest BCUT2D eigenvalue weighted by molar-refractivity contribution is 0.310. The molecule has 30 heavy (non-hydrogen) atoms. The second kappa shape index (κ2) is 8.41. The highest BCUT2D eigenvalue weighted by Gasteiger charge is 2.17. The molecular weight excluding hydrogens is 402 g/mol. The lowest BCUT2D eigenvalue weighted by Gasteiger charge is -2.25. The summed E-state index contributed by atoms with van der Waals surface area (Å²) in [5.74, 6) is 0.875. The molecule has 0 radical (unpaired) electrons. The van der Waals surface area contributed by atoms with E-state index in [1.807, 2.05) is 13.0 Å². The molecule has 0 amide bonds. The molecule has 8 nitrogen and oxygen atoms in total. The molecule has 4 heterocycles. The monoisotopic (exact) mass is 425 g/mol. The van der Waals surface area contributed by atoms with Gasteiger partial charge < -0.3 is 20.1 Å². The first-order valence-electron chi connectivity index (χ1n) is 9.76. The van der Waals surface area contributed by atoms with Crippen molar-refractivity contribution in [2.24, 2.45) is 7.05 Å². The smallest absolute Gasteiger partial charge is 0.255 e. The molecule has 0 spiro atoms. The number of aryl methyl sites for hydroxylation is 2. The fraction of sp³-hybridized carbons (Fsp3) is 0.333. The number of rotatable bonds is 5. The molecule has 0 aliphatic carbocycles. The number of nitrogens with one attached hydrogen (secondary N) is 2. The number of aromatic nitrogens is 4. The Hall–Kier alpha value is -2.97. The lowest BCUT2D eigenvalue weighted by atomic mass is 10.0. The Morgan fingerprint density at radius 1 is 1.27 bits per heavy atom. The molecule has 0 fully saturated rings. The van der Waals surface area contributed by atoms with E-state index in [4.69, 9.17) is 16.6 Å². The maximum absolute atomic E-state index is 12.2. The van der Waals surface area contributed by atoms with Crippen molar-refractivity contribution in [1.29, 1.82) is 0 Å². The molecular formula is C21H24ClN7O. The van der Waals surface area contributed by atoms with Gasteiger partial charge in [-0.25, -0.2) is 4.98 Å². The van der Waals surface area contributed by atoms with Gasteiger partial charge in [0.15, 0.2) is 5.82 Å². The molecule has 0 saturated heterocycles. The Morgan fingerprint density at radius 3 is 2.93 bits per heavy atom. The topological polar surface area (TPSA) is 88.0 Å². The number of hydrogen-bond donors (Lipinski definition) is 2. The zero-order chi connectivity index (χ0) is 21.3. The van der Waals surface area contributed by atoms with Gasteiger partial charge in [0.05, 0.1) is 17.6 Å². The van der Waals surface area contributed by atoms with Gasteiger partial charge in [-0.2, -0.15) is 4.98 Å². The second-order valence-electron chi connectivity index (χ2n) is 7.53. The van der Waals surface area contributed by atoms with E-state index in [0.717, 1.165) is 36.6 Å². The third kappa shape index (κ3) is 4.29. The molecule has 156 valence electrons. The van der Waals surface area contributed by atoms with Crippen molar-refractivity contribution in [1.82, 2.24) is 24.4 Å². The molecule has 9 heteroatoms. The standard InChI is InChI=1S/C21H24ClN7O/c1-13-18(9-15-12-28(2)8-6-17(15)25-13)26-21-24-11-16(22)19(27-21)23-10-14-5-4-7-29(3)20(14)30/h4-5,7,9,11H,6,8,10,12H2,1-3H3,(H2,23,24,26,27). The highest BCUT2D eigenvalue weighted by atomic mass is 35.5. The van der Waals surface area contributed by atoms with E-state index < -0.39 is 0 Å². The number of likely N-dealkylation sites (N-methyl/N-ethyl adjacent to an activating group) is 1. The molecule has 0 atom stereocenters. The molecule has 0 unspecified atom stereocenters. The second-order valence-corrected chi connectivity index (χ2v) is 7.94. The Labute approximate surface area is 180 Å². The van der Waals surface area contributed by atoms with Gasteiger partial charge in [-0.1, -0.05) is 17.7 Å². The zero-order valence-corrected chi connectivity index (χ0v) is 18.0. The third-order valence-electron chi connectivity index (χ3n) is 5.19. The van der Waals surface area contributed by atoms with Crippen molar-refractivity contribution in [3.8, 4) is 0 Å². The summed E-state index contributed by atoms with van der Waals surface area (Å²) in [5.41, 5.74) is 4.70. The van der Waals surface area contributed by atoms with Gasteiger partial charge >= 0.3 is 0 Å². The maximum Gasteiger partial charge on any atom is 0.255 e. The third-order valence-corrected chi connectivity index (χ3v) is 5.47. The molecule has 3 aromatic heterocycles. The fourth-order valence-electron chi connectivity index (χ4n) is 3.48. The number of halogens is 1. The highest BCUT2D eigenvalue weighted by Crippen LogP contribution is 2.26. The normalized spacial score (nSPS) is 13.7. The van der Waals surface area contributed by atoms with Gasteiger partial charge in [-0.15, -0.1) is 0 Å². The van der Waals surface area contributed by atoms with Crippen molar-refractivity contribution >= 4 is 29.1 Å². The molecule has 2 N–H and O–H groups in total. The van der Waals surface area contributed by atoms with E-state index in [-0.39, 0.29) is 5.56 Å². The van der Waals surface area contributed by atoms with Crippen LogP contribution in [-0.4, -0.2) is 38.0 Å². The fourth-order valence-corrected chi connectivity index (χ4v) is 3.64. The van der Waals surface area contributed by atoms with Gasteiger partial charge in [-0.3, -0.25) is 9.78 Å². The number of nitrogens with zero attached hydrogens (tertiary/aromatic N) is 5. The number of pyridine rings is 2. The minimum absolute atomic E-state index is 0.0609. The average molecular weight is 426 g/mol. The van der Waals surface area contributed by atoms with Crippen molar-refractivity contribution in [3.05, 3.63) is 68.5 Å². The summed E-state index contributed by atoms with van der Waals surface area (Å²) >= 11 is 6.26. The van der Waals surface area contributed by atoms with Crippen LogP contribution >= 0.6 is 11.6 Å². The number of anilines is 3. The predicted octanol–water partition coefficient (Wildman–Crippen LogP) is 2.88.